The predicted molar refractivity (Wildman–Crippen MR) is 29.7 cm³/mol. The highest BCUT2D eigenvalue weighted by atomic mass is 16.9. The Kier molecular flexibility index (Phi) is 22.9. The minimum Gasteiger partial charge on any atom is -0.481 e. The molecule has 66 valence electrons. The maximum absolute atomic E-state index is 9.00. The molecule has 11 heavy (non-hydrogen) atoms. The van der Waals surface area contributed by atoms with Crippen LogP contribution in [0, 0.1) is 15.0 Å². The van der Waals surface area contributed by atoms with Gasteiger partial charge in [0.15, 0.2) is 5.34 Å². The number of aliphatic carboxylic acids is 1. The lowest BCUT2D eigenvalue weighted by Gasteiger charge is -1.59. The molecule has 0 fully saturated rings. The third-order valence-corrected chi connectivity index (χ3v) is 0. The van der Waals surface area contributed by atoms with Gasteiger partial charge in [0.2, 0.25) is 0 Å². The van der Waals surface area contributed by atoms with Crippen molar-refractivity contribution in [2.24, 2.45) is 5.34 Å². The zero-order chi connectivity index (χ0) is 9.86. The molecule has 0 rings (SSSR count). The Morgan fingerprint density at radius 3 is 1.64 bits per heavy atom. The summed E-state index contributed by atoms with van der Waals surface area (Å²) < 4.78 is 0. The Morgan fingerprint density at radius 2 is 1.64 bits per heavy atom. The van der Waals surface area contributed by atoms with Gasteiger partial charge >= 0.3 is 0 Å². The van der Waals surface area contributed by atoms with E-state index in [0.717, 1.165) is 6.92 Å². The summed E-state index contributed by atoms with van der Waals surface area (Å²) in [6, 6.07) is 0. The summed E-state index contributed by atoms with van der Waals surface area (Å²) in [5.74, 6) is -0.833. The van der Waals surface area contributed by atoms with E-state index in [-0.39, 0.29) is 0 Å². The summed E-state index contributed by atoms with van der Waals surface area (Å²) in [6.07, 6.45) is 0. The smallest absolute Gasteiger partial charge is 0.300 e. The molecule has 0 aliphatic carbocycles. The van der Waals surface area contributed by atoms with Gasteiger partial charge in [-0.05, 0) is 0 Å². The van der Waals surface area contributed by atoms with E-state index in [2.05, 4.69) is 0 Å². The van der Waals surface area contributed by atoms with Crippen LogP contribution in [0.25, 0.3) is 0 Å². The number of rotatable bonds is 0. The van der Waals surface area contributed by atoms with E-state index in [9.17, 15) is 0 Å². The van der Waals surface area contributed by atoms with E-state index < -0.39 is 11.1 Å². The second-order valence-electron chi connectivity index (χ2n) is 0.839. The molecule has 0 aromatic rings. The lowest BCUT2D eigenvalue weighted by Crippen LogP contribution is -1.81. The molecule has 3 N–H and O–H groups in total. The zero-order valence-electron chi connectivity index (χ0n) is 5.37. The van der Waals surface area contributed by atoms with E-state index in [1.807, 2.05) is 0 Å². The van der Waals surface area contributed by atoms with Gasteiger partial charge in [-0.3, -0.25) is 4.79 Å². The van der Waals surface area contributed by atoms with E-state index in [1.165, 1.54) is 5.34 Å². The van der Waals surface area contributed by atoms with Crippen LogP contribution in [0.2, 0.25) is 0 Å². The molecule has 0 saturated heterocycles. The quantitative estimate of drug-likeness (QED) is 0.260. The molecule has 0 aromatic carbocycles. The van der Waals surface area contributed by atoms with Gasteiger partial charge < -0.3 is 15.5 Å². The van der Waals surface area contributed by atoms with Crippen LogP contribution in [0.15, 0.2) is 5.34 Å². The molecular formula is C2H6N2O7. The molecule has 9 heteroatoms. The average molecular weight is 170 g/mol. The zero-order valence-corrected chi connectivity index (χ0v) is 5.37. The van der Waals surface area contributed by atoms with Crippen LogP contribution in [0.5, 0.6) is 0 Å². The average Bonchev–Trinajstić information content (AvgIpc) is 1.60. The second kappa shape index (κ2) is 15.7. The van der Waals surface area contributed by atoms with Gasteiger partial charge in [-0.2, -0.15) is 0 Å². The van der Waals surface area contributed by atoms with Crippen LogP contribution in [0.3, 0.4) is 0 Å². The molecule has 0 saturated carbocycles. The number of hydrogen-bond acceptors (Lipinski definition) is 5. The van der Waals surface area contributed by atoms with Crippen LogP contribution < -0.4 is 0 Å². The minimum absolute atomic E-state index is 0.833. The highest BCUT2D eigenvalue weighted by Gasteiger charge is 1.65. The van der Waals surface area contributed by atoms with E-state index in [4.69, 9.17) is 35.3 Å². The summed E-state index contributed by atoms with van der Waals surface area (Å²) >= 11 is 0. The fourth-order valence-electron chi connectivity index (χ4n) is 0. The Bertz CT molecular complexity index is 102. The standard InChI is InChI=1S/C2H4O2.HNO3.HNO2/c1-2(3)4;2-1(3)4;2-1-3/h1H3,(H,3,4);(H,2,3,4);(H,2,3). The van der Waals surface area contributed by atoms with Gasteiger partial charge in [-0.1, -0.05) is 0 Å². The molecule has 9 nitrogen and oxygen atoms in total. The summed E-state index contributed by atoms with van der Waals surface area (Å²) in [7, 11) is 0. The summed E-state index contributed by atoms with van der Waals surface area (Å²) in [5.41, 5.74) is 0. The maximum Gasteiger partial charge on any atom is 0.300 e. The fraction of sp³-hybridized carbons (Fsp3) is 0.500. The highest BCUT2D eigenvalue weighted by Crippen LogP contribution is 1.42. The maximum atomic E-state index is 9.00. The SMILES string of the molecule is CC(=O)O.O=NO.O=[N+]([O-])O. The number of hydrogen-bond donors (Lipinski definition) is 3. The van der Waals surface area contributed by atoms with Crippen molar-refractivity contribution in [2.75, 3.05) is 0 Å². The summed E-state index contributed by atoms with van der Waals surface area (Å²) in [4.78, 5) is 25.5. The van der Waals surface area contributed by atoms with Crippen molar-refractivity contribution in [3.8, 4) is 0 Å². The van der Waals surface area contributed by atoms with Gasteiger partial charge in [0.25, 0.3) is 11.1 Å². The summed E-state index contributed by atoms with van der Waals surface area (Å²) in [5, 5.41) is 28.9. The topological polar surface area (TPSA) is 150 Å². The fourth-order valence-corrected chi connectivity index (χ4v) is 0. The normalized spacial score (nSPS) is 5.55. The van der Waals surface area contributed by atoms with Crippen molar-refractivity contribution in [3.63, 3.8) is 0 Å². The largest absolute Gasteiger partial charge is 0.481 e. The predicted octanol–water partition coefficient (Wildman–Crippen LogP) is -0.115. The number of carboxylic acid groups (broad SMARTS) is 1. The van der Waals surface area contributed by atoms with E-state index in [0.29, 0.717) is 0 Å². The Hall–Kier alpha value is -1.93. The first-order valence-corrected chi connectivity index (χ1v) is 1.88. The molecule has 0 heterocycles. The van der Waals surface area contributed by atoms with Gasteiger partial charge in [0, 0.05) is 6.92 Å². The van der Waals surface area contributed by atoms with E-state index >= 15 is 0 Å². The monoisotopic (exact) mass is 170 g/mol. The van der Waals surface area contributed by atoms with Crippen molar-refractivity contribution in [3.05, 3.63) is 15.0 Å². The molecule has 0 radical (unpaired) electrons. The van der Waals surface area contributed by atoms with Crippen molar-refractivity contribution in [1.82, 2.24) is 0 Å². The molecule has 0 aliphatic rings. The van der Waals surface area contributed by atoms with Gasteiger partial charge in [0.05, 0.1) is 0 Å². The lowest BCUT2D eigenvalue weighted by atomic mass is 10.9. The Balaban J connectivity index is -0.0000000886. The minimum atomic E-state index is -1.50. The van der Waals surface area contributed by atoms with Crippen LogP contribution >= 0.6 is 0 Å². The molecule has 0 amide bonds. The third kappa shape index (κ3) is 79.8. The molecule has 0 bridgehead atoms. The Morgan fingerprint density at radius 1 is 1.64 bits per heavy atom. The van der Waals surface area contributed by atoms with Crippen LogP contribution in [-0.2, 0) is 4.79 Å². The first-order chi connectivity index (χ1) is 4.88. The lowest BCUT2D eigenvalue weighted by molar-refractivity contribution is -0.742. The molecule has 0 aliphatic heterocycles. The van der Waals surface area contributed by atoms with Crippen LogP contribution in [0.4, 0.5) is 0 Å². The number of carboxylic acids is 1. The second-order valence-corrected chi connectivity index (χ2v) is 0.839. The van der Waals surface area contributed by atoms with Gasteiger partial charge in [-0.15, -0.1) is 15.0 Å². The summed E-state index contributed by atoms with van der Waals surface area (Å²) in [6.45, 7) is 1.08. The van der Waals surface area contributed by atoms with Crippen molar-refractivity contribution >= 4 is 5.97 Å². The first-order valence-electron chi connectivity index (χ1n) is 1.88. The van der Waals surface area contributed by atoms with Crippen molar-refractivity contribution in [2.45, 2.75) is 6.92 Å². The van der Waals surface area contributed by atoms with E-state index in [1.54, 1.807) is 0 Å². The Labute approximate surface area is 59.9 Å². The first kappa shape index (κ1) is 16.0. The highest BCUT2D eigenvalue weighted by molar-refractivity contribution is 5.62. The molecule has 0 atom stereocenters. The third-order valence-electron chi connectivity index (χ3n) is 0. The molecule has 0 spiro atoms. The van der Waals surface area contributed by atoms with Gasteiger partial charge in [-0.25, -0.2) is 0 Å². The van der Waals surface area contributed by atoms with Crippen LogP contribution in [0.1, 0.15) is 6.92 Å². The van der Waals surface area contributed by atoms with Crippen molar-refractivity contribution in [1.29, 1.82) is 0 Å². The molecular weight excluding hydrogens is 164 g/mol. The van der Waals surface area contributed by atoms with Crippen LogP contribution in [-0.4, -0.2) is 26.6 Å². The number of nitrogens with zero attached hydrogens (tertiary/aromatic N) is 2. The number of carbonyl (C=O) groups is 1. The van der Waals surface area contributed by atoms with Gasteiger partial charge in [0.1, 0.15) is 0 Å². The molecule has 0 aromatic heterocycles. The van der Waals surface area contributed by atoms with Crippen molar-refractivity contribution < 1.29 is 25.4 Å². The molecule has 0 unspecified atom stereocenters.